The maximum absolute atomic E-state index is 12.2. The number of amides is 1. The van der Waals surface area contributed by atoms with Crippen molar-refractivity contribution in [1.29, 1.82) is 5.26 Å². The summed E-state index contributed by atoms with van der Waals surface area (Å²) in [6.07, 6.45) is 0.475. The summed E-state index contributed by atoms with van der Waals surface area (Å²) in [6, 6.07) is 11.8. The first-order valence-corrected chi connectivity index (χ1v) is 6.38. The summed E-state index contributed by atoms with van der Waals surface area (Å²) in [6.45, 7) is 1.44. The van der Waals surface area contributed by atoms with Crippen LogP contribution >= 0.6 is 0 Å². The van der Waals surface area contributed by atoms with Crippen molar-refractivity contribution in [2.75, 3.05) is 34.2 Å². The molecule has 0 bridgehead atoms. The van der Waals surface area contributed by atoms with Gasteiger partial charge in [0.25, 0.3) is 0 Å². The Bertz CT molecular complexity index is 436. The van der Waals surface area contributed by atoms with E-state index in [1.54, 1.807) is 11.9 Å². The maximum atomic E-state index is 12.2. The molecule has 102 valence electrons. The Morgan fingerprint density at radius 1 is 1.21 bits per heavy atom. The fourth-order valence-electron chi connectivity index (χ4n) is 1.76. The zero-order chi connectivity index (χ0) is 14.3. The average Bonchev–Trinajstić information content (AvgIpc) is 2.42. The average molecular weight is 259 g/mol. The van der Waals surface area contributed by atoms with Crippen molar-refractivity contribution in [2.45, 2.75) is 6.42 Å². The van der Waals surface area contributed by atoms with E-state index in [4.69, 9.17) is 0 Å². The van der Waals surface area contributed by atoms with E-state index in [-0.39, 0.29) is 5.91 Å². The van der Waals surface area contributed by atoms with Crippen LogP contribution in [0.2, 0.25) is 0 Å². The van der Waals surface area contributed by atoms with Crippen molar-refractivity contribution in [3.63, 3.8) is 0 Å². The minimum absolute atomic E-state index is 0.104. The molecule has 0 fully saturated rings. The number of nitrogens with zero attached hydrogens (tertiary/aromatic N) is 3. The fraction of sp³-hybridized carbons (Fsp3) is 0.467. The molecule has 0 aromatic heterocycles. The van der Waals surface area contributed by atoms with Crippen LogP contribution in [0.3, 0.4) is 0 Å². The van der Waals surface area contributed by atoms with Crippen molar-refractivity contribution >= 4 is 5.91 Å². The smallest absolute Gasteiger partial charge is 0.240 e. The zero-order valence-electron chi connectivity index (χ0n) is 11.8. The second kappa shape index (κ2) is 7.55. The van der Waals surface area contributed by atoms with E-state index in [1.807, 2.05) is 49.3 Å². The molecule has 0 aliphatic carbocycles. The molecule has 0 aliphatic rings. The molecule has 19 heavy (non-hydrogen) atoms. The summed E-state index contributed by atoms with van der Waals surface area (Å²) < 4.78 is 0. The predicted molar refractivity (Wildman–Crippen MR) is 75.4 cm³/mol. The van der Waals surface area contributed by atoms with E-state index in [0.717, 1.165) is 12.1 Å². The minimum atomic E-state index is -0.602. The Morgan fingerprint density at radius 2 is 1.84 bits per heavy atom. The van der Waals surface area contributed by atoms with Gasteiger partial charge >= 0.3 is 0 Å². The summed E-state index contributed by atoms with van der Waals surface area (Å²) in [5, 5.41) is 9.18. The first-order chi connectivity index (χ1) is 9.04. The summed E-state index contributed by atoms with van der Waals surface area (Å²) >= 11 is 0. The lowest BCUT2D eigenvalue weighted by atomic mass is 9.99. The first-order valence-electron chi connectivity index (χ1n) is 6.38. The molecule has 0 saturated carbocycles. The van der Waals surface area contributed by atoms with Gasteiger partial charge in [-0.25, -0.2) is 0 Å². The molecule has 0 N–H and O–H groups in total. The standard InChI is InChI=1S/C15H21N3O/c1-17(2)9-10-18(3)15(19)14(12-16)11-13-7-5-4-6-8-13/h4-8,14H,9-11H2,1-3H3. The largest absolute Gasteiger partial charge is 0.343 e. The van der Waals surface area contributed by atoms with E-state index in [9.17, 15) is 10.1 Å². The van der Waals surface area contributed by atoms with Crippen LogP contribution in [-0.2, 0) is 11.2 Å². The highest BCUT2D eigenvalue weighted by molar-refractivity contribution is 5.81. The Hall–Kier alpha value is -1.86. The first kappa shape index (κ1) is 15.2. The second-order valence-electron chi connectivity index (χ2n) is 4.93. The Balaban J connectivity index is 2.60. The molecule has 1 aromatic rings. The van der Waals surface area contributed by atoms with E-state index < -0.39 is 5.92 Å². The van der Waals surface area contributed by atoms with Crippen molar-refractivity contribution in [1.82, 2.24) is 9.80 Å². The van der Waals surface area contributed by atoms with Crippen LogP contribution in [0.5, 0.6) is 0 Å². The van der Waals surface area contributed by atoms with Crippen LogP contribution in [0.15, 0.2) is 30.3 Å². The summed E-state index contributed by atoms with van der Waals surface area (Å²) in [7, 11) is 5.68. The number of rotatable bonds is 6. The van der Waals surface area contributed by atoms with E-state index in [2.05, 4.69) is 6.07 Å². The van der Waals surface area contributed by atoms with Crippen molar-refractivity contribution < 1.29 is 4.79 Å². The highest BCUT2D eigenvalue weighted by Crippen LogP contribution is 2.10. The molecular formula is C15H21N3O. The molecule has 4 nitrogen and oxygen atoms in total. The lowest BCUT2D eigenvalue weighted by Crippen LogP contribution is -2.37. The van der Waals surface area contributed by atoms with E-state index in [0.29, 0.717) is 13.0 Å². The van der Waals surface area contributed by atoms with Gasteiger partial charge in [0, 0.05) is 20.1 Å². The fourth-order valence-corrected chi connectivity index (χ4v) is 1.76. The van der Waals surface area contributed by atoms with Crippen LogP contribution < -0.4 is 0 Å². The monoisotopic (exact) mass is 259 g/mol. The molecule has 1 rings (SSSR count). The number of hydrogen-bond donors (Lipinski definition) is 0. The van der Waals surface area contributed by atoms with Gasteiger partial charge < -0.3 is 9.80 Å². The third-order valence-corrected chi connectivity index (χ3v) is 3.00. The molecule has 1 amide bonds. The second-order valence-corrected chi connectivity index (χ2v) is 4.93. The Morgan fingerprint density at radius 3 is 2.37 bits per heavy atom. The topological polar surface area (TPSA) is 47.3 Å². The summed E-state index contributed by atoms with van der Waals surface area (Å²) in [5.74, 6) is -0.706. The third-order valence-electron chi connectivity index (χ3n) is 3.00. The molecule has 0 heterocycles. The lowest BCUT2D eigenvalue weighted by molar-refractivity contribution is -0.132. The molecule has 0 radical (unpaired) electrons. The SMILES string of the molecule is CN(C)CCN(C)C(=O)C(C#N)Cc1ccccc1. The van der Waals surface area contributed by atoms with Crippen molar-refractivity contribution in [2.24, 2.45) is 5.92 Å². The molecule has 1 aromatic carbocycles. The predicted octanol–water partition coefficient (Wildman–Crippen LogP) is 1.39. The van der Waals surface area contributed by atoms with Gasteiger partial charge in [-0.05, 0) is 26.1 Å². The van der Waals surface area contributed by atoms with Gasteiger partial charge in [-0.2, -0.15) is 5.26 Å². The molecule has 1 atom stereocenters. The lowest BCUT2D eigenvalue weighted by Gasteiger charge is -2.22. The Labute approximate surface area is 115 Å². The van der Waals surface area contributed by atoms with Gasteiger partial charge in [-0.1, -0.05) is 30.3 Å². The van der Waals surface area contributed by atoms with Crippen LogP contribution in [-0.4, -0.2) is 49.9 Å². The third kappa shape index (κ3) is 5.11. The molecule has 0 aliphatic heterocycles. The number of carbonyl (C=O) groups is 1. The Kier molecular flexibility index (Phi) is 6.04. The van der Waals surface area contributed by atoms with Crippen LogP contribution in [0.25, 0.3) is 0 Å². The van der Waals surface area contributed by atoms with Crippen LogP contribution in [0.1, 0.15) is 5.56 Å². The van der Waals surface area contributed by atoms with Crippen LogP contribution in [0, 0.1) is 17.2 Å². The number of carbonyl (C=O) groups excluding carboxylic acids is 1. The molecule has 4 heteroatoms. The number of nitriles is 1. The number of hydrogen-bond acceptors (Lipinski definition) is 3. The quantitative estimate of drug-likeness (QED) is 0.775. The minimum Gasteiger partial charge on any atom is -0.343 e. The molecule has 0 saturated heterocycles. The van der Waals surface area contributed by atoms with E-state index >= 15 is 0 Å². The van der Waals surface area contributed by atoms with Gasteiger partial charge in [0.1, 0.15) is 5.92 Å². The summed E-state index contributed by atoms with van der Waals surface area (Å²) in [5.41, 5.74) is 1.02. The number of benzene rings is 1. The maximum Gasteiger partial charge on any atom is 0.240 e. The molecule has 1 unspecified atom stereocenters. The van der Waals surface area contributed by atoms with Gasteiger partial charge in [0.2, 0.25) is 5.91 Å². The van der Waals surface area contributed by atoms with Gasteiger partial charge in [-0.3, -0.25) is 4.79 Å². The van der Waals surface area contributed by atoms with Crippen molar-refractivity contribution in [3.05, 3.63) is 35.9 Å². The highest BCUT2D eigenvalue weighted by Gasteiger charge is 2.21. The normalized spacial score (nSPS) is 11.9. The van der Waals surface area contributed by atoms with Gasteiger partial charge in [0.15, 0.2) is 0 Å². The zero-order valence-corrected chi connectivity index (χ0v) is 11.8. The molecule has 0 spiro atoms. The van der Waals surface area contributed by atoms with Crippen molar-refractivity contribution in [3.8, 4) is 6.07 Å². The molecular weight excluding hydrogens is 238 g/mol. The van der Waals surface area contributed by atoms with Gasteiger partial charge in [-0.15, -0.1) is 0 Å². The van der Waals surface area contributed by atoms with E-state index in [1.165, 1.54) is 0 Å². The highest BCUT2D eigenvalue weighted by atomic mass is 16.2. The van der Waals surface area contributed by atoms with Crippen LogP contribution in [0.4, 0.5) is 0 Å². The number of likely N-dealkylation sites (N-methyl/N-ethyl adjacent to an activating group) is 2. The summed E-state index contributed by atoms with van der Waals surface area (Å²) in [4.78, 5) is 15.8. The van der Waals surface area contributed by atoms with Gasteiger partial charge in [0.05, 0.1) is 6.07 Å².